The predicted octanol–water partition coefficient (Wildman–Crippen LogP) is 2.59. The molecule has 1 aromatic carbocycles. The molecule has 0 atom stereocenters. The number of nitrogens with zero attached hydrogens (tertiary/aromatic N) is 2. The van der Waals surface area contributed by atoms with Crippen molar-refractivity contribution in [3.05, 3.63) is 29.3 Å². The Kier molecular flexibility index (Phi) is 5.95. The number of benzene rings is 1. The van der Waals surface area contributed by atoms with Crippen LogP contribution in [0.15, 0.2) is 24.3 Å². The third-order valence-corrected chi connectivity index (χ3v) is 4.06. The van der Waals surface area contributed by atoms with Gasteiger partial charge in [-0.25, -0.2) is 0 Å². The lowest BCUT2D eigenvalue weighted by Crippen LogP contribution is -2.46. The van der Waals surface area contributed by atoms with Gasteiger partial charge in [0.2, 0.25) is 0 Å². The molecule has 1 fully saturated rings. The number of unbranched alkanes of at least 4 members (excludes halogenated alkanes) is 2. The Morgan fingerprint density at radius 1 is 1.00 bits per heavy atom. The molecule has 2 rings (SSSR count). The normalized spacial score (nSPS) is 16.8. The molecule has 2 N–H and O–H groups in total. The molecule has 1 aliphatic rings. The molecule has 19 heavy (non-hydrogen) atoms. The highest BCUT2D eigenvalue weighted by Gasteiger charge is 2.17. The van der Waals surface area contributed by atoms with E-state index in [9.17, 15) is 0 Å². The number of para-hydroxylation sites is 1. The summed E-state index contributed by atoms with van der Waals surface area (Å²) in [7, 11) is 0. The summed E-state index contributed by atoms with van der Waals surface area (Å²) in [6.07, 6.45) is 3.67. The van der Waals surface area contributed by atoms with Crippen molar-refractivity contribution in [1.29, 1.82) is 0 Å². The predicted molar refractivity (Wildman–Crippen MR) is 83.0 cm³/mol. The highest BCUT2D eigenvalue weighted by atomic mass is 35.5. The van der Waals surface area contributed by atoms with Crippen molar-refractivity contribution >= 4 is 17.3 Å². The molecule has 1 heterocycles. The van der Waals surface area contributed by atoms with Gasteiger partial charge in [-0.3, -0.25) is 4.90 Å². The third-order valence-electron chi connectivity index (χ3n) is 3.74. The van der Waals surface area contributed by atoms with Crippen LogP contribution in [0.25, 0.3) is 0 Å². The van der Waals surface area contributed by atoms with Gasteiger partial charge in [0, 0.05) is 26.2 Å². The van der Waals surface area contributed by atoms with E-state index in [0.717, 1.165) is 44.2 Å². The zero-order valence-electron chi connectivity index (χ0n) is 11.5. The summed E-state index contributed by atoms with van der Waals surface area (Å²) >= 11 is 6.25. The molecule has 0 saturated carbocycles. The zero-order chi connectivity index (χ0) is 13.5. The van der Waals surface area contributed by atoms with E-state index in [1.54, 1.807) is 0 Å². The molecule has 1 saturated heterocycles. The van der Waals surface area contributed by atoms with Crippen LogP contribution < -0.4 is 10.6 Å². The fraction of sp³-hybridized carbons (Fsp3) is 0.600. The Morgan fingerprint density at radius 3 is 2.42 bits per heavy atom. The molecule has 0 spiro atoms. The van der Waals surface area contributed by atoms with Crippen LogP contribution in [0.2, 0.25) is 5.02 Å². The Hall–Kier alpha value is -0.770. The van der Waals surface area contributed by atoms with E-state index in [1.165, 1.54) is 25.1 Å². The lowest BCUT2D eigenvalue weighted by atomic mass is 10.2. The molecule has 0 bridgehead atoms. The summed E-state index contributed by atoms with van der Waals surface area (Å²) in [5.41, 5.74) is 6.68. The van der Waals surface area contributed by atoms with E-state index in [2.05, 4.69) is 21.9 Å². The van der Waals surface area contributed by atoms with Crippen LogP contribution in [0.1, 0.15) is 19.3 Å². The van der Waals surface area contributed by atoms with Crippen LogP contribution in [-0.2, 0) is 0 Å². The molecule has 1 aromatic rings. The van der Waals surface area contributed by atoms with Crippen LogP contribution in [0.3, 0.4) is 0 Å². The van der Waals surface area contributed by atoms with Gasteiger partial charge >= 0.3 is 0 Å². The number of piperazine rings is 1. The first-order chi connectivity index (χ1) is 9.31. The largest absolute Gasteiger partial charge is 0.368 e. The fourth-order valence-corrected chi connectivity index (χ4v) is 2.83. The van der Waals surface area contributed by atoms with Gasteiger partial charge in [-0.2, -0.15) is 0 Å². The first-order valence-corrected chi connectivity index (χ1v) is 7.61. The van der Waals surface area contributed by atoms with Crippen molar-refractivity contribution in [2.45, 2.75) is 19.3 Å². The molecule has 1 aliphatic heterocycles. The van der Waals surface area contributed by atoms with Gasteiger partial charge < -0.3 is 10.6 Å². The molecule has 0 radical (unpaired) electrons. The van der Waals surface area contributed by atoms with E-state index in [0.29, 0.717) is 0 Å². The van der Waals surface area contributed by atoms with Gasteiger partial charge in [-0.1, -0.05) is 30.2 Å². The first kappa shape index (κ1) is 14.6. The quantitative estimate of drug-likeness (QED) is 0.814. The highest BCUT2D eigenvalue weighted by Crippen LogP contribution is 2.25. The van der Waals surface area contributed by atoms with Crippen molar-refractivity contribution in [3.63, 3.8) is 0 Å². The molecule has 4 heteroatoms. The zero-order valence-corrected chi connectivity index (χ0v) is 12.3. The van der Waals surface area contributed by atoms with Crippen molar-refractivity contribution < 1.29 is 0 Å². The molecular formula is C15H24ClN3. The van der Waals surface area contributed by atoms with Crippen molar-refractivity contribution in [2.75, 3.05) is 44.2 Å². The highest BCUT2D eigenvalue weighted by molar-refractivity contribution is 6.33. The van der Waals surface area contributed by atoms with Gasteiger partial charge in [0.05, 0.1) is 10.7 Å². The summed E-state index contributed by atoms with van der Waals surface area (Å²) in [4.78, 5) is 4.93. The lowest BCUT2D eigenvalue weighted by molar-refractivity contribution is 0.252. The van der Waals surface area contributed by atoms with E-state index < -0.39 is 0 Å². The molecule has 0 aromatic heterocycles. The van der Waals surface area contributed by atoms with E-state index in [4.69, 9.17) is 17.3 Å². The number of hydrogen-bond donors (Lipinski definition) is 1. The van der Waals surface area contributed by atoms with Crippen LogP contribution in [0.4, 0.5) is 5.69 Å². The molecule has 0 unspecified atom stereocenters. The van der Waals surface area contributed by atoms with Gasteiger partial charge in [0.1, 0.15) is 0 Å². The van der Waals surface area contributed by atoms with Crippen LogP contribution in [0, 0.1) is 0 Å². The SMILES string of the molecule is NCCCCCN1CCN(c2ccccc2Cl)CC1. The average molecular weight is 282 g/mol. The van der Waals surface area contributed by atoms with Gasteiger partial charge in [0.15, 0.2) is 0 Å². The maximum Gasteiger partial charge on any atom is 0.0639 e. The third kappa shape index (κ3) is 4.37. The second-order valence-corrected chi connectivity index (χ2v) is 5.54. The van der Waals surface area contributed by atoms with Gasteiger partial charge in [-0.15, -0.1) is 0 Å². The Bertz CT molecular complexity index is 375. The maximum atomic E-state index is 6.25. The Morgan fingerprint density at radius 2 is 1.74 bits per heavy atom. The smallest absolute Gasteiger partial charge is 0.0639 e. The molecule has 106 valence electrons. The maximum absolute atomic E-state index is 6.25. The summed E-state index contributed by atoms with van der Waals surface area (Å²) in [6, 6.07) is 8.12. The second kappa shape index (κ2) is 7.73. The van der Waals surface area contributed by atoms with E-state index in [-0.39, 0.29) is 0 Å². The summed E-state index contributed by atoms with van der Waals surface area (Å²) < 4.78 is 0. The molecule has 3 nitrogen and oxygen atoms in total. The van der Waals surface area contributed by atoms with Crippen molar-refractivity contribution in [2.24, 2.45) is 5.73 Å². The first-order valence-electron chi connectivity index (χ1n) is 7.23. The Labute approximate surface area is 121 Å². The van der Waals surface area contributed by atoms with Crippen molar-refractivity contribution in [3.8, 4) is 0 Å². The number of anilines is 1. The minimum Gasteiger partial charge on any atom is -0.368 e. The van der Waals surface area contributed by atoms with Gasteiger partial charge in [-0.05, 0) is 38.1 Å². The van der Waals surface area contributed by atoms with Crippen LogP contribution in [-0.4, -0.2) is 44.2 Å². The van der Waals surface area contributed by atoms with Gasteiger partial charge in [0.25, 0.3) is 0 Å². The Balaban J connectivity index is 1.75. The van der Waals surface area contributed by atoms with E-state index in [1.807, 2.05) is 12.1 Å². The summed E-state index contributed by atoms with van der Waals surface area (Å²) in [5, 5.41) is 0.860. The number of rotatable bonds is 6. The second-order valence-electron chi connectivity index (χ2n) is 5.13. The topological polar surface area (TPSA) is 32.5 Å². The summed E-state index contributed by atoms with van der Waals surface area (Å²) in [6.45, 7) is 6.43. The van der Waals surface area contributed by atoms with Crippen LogP contribution >= 0.6 is 11.6 Å². The van der Waals surface area contributed by atoms with Crippen molar-refractivity contribution in [1.82, 2.24) is 4.90 Å². The molecule has 0 amide bonds. The van der Waals surface area contributed by atoms with Crippen LogP contribution in [0.5, 0.6) is 0 Å². The summed E-state index contributed by atoms with van der Waals surface area (Å²) in [5.74, 6) is 0. The number of hydrogen-bond acceptors (Lipinski definition) is 3. The monoisotopic (exact) mass is 281 g/mol. The fourth-order valence-electron chi connectivity index (χ4n) is 2.58. The number of halogens is 1. The molecular weight excluding hydrogens is 258 g/mol. The molecule has 0 aliphatic carbocycles. The minimum absolute atomic E-state index is 0.820. The lowest BCUT2D eigenvalue weighted by Gasteiger charge is -2.36. The van der Waals surface area contributed by atoms with E-state index >= 15 is 0 Å². The standard InChI is InChI=1S/C15H24ClN3/c16-14-6-2-3-7-15(14)19-12-10-18(11-13-19)9-5-1-4-8-17/h2-3,6-7H,1,4-5,8-13,17H2. The minimum atomic E-state index is 0.820. The number of nitrogens with two attached hydrogens (primary N) is 1. The average Bonchev–Trinajstić information content (AvgIpc) is 2.45.